The first-order chi connectivity index (χ1) is 13.7. The molecular formula is C21H21N3O4. The van der Waals surface area contributed by atoms with Gasteiger partial charge < -0.3 is 18.9 Å². The van der Waals surface area contributed by atoms with Crippen LogP contribution in [0.5, 0.6) is 11.5 Å². The first-order valence-corrected chi connectivity index (χ1v) is 9.12. The third-order valence-corrected chi connectivity index (χ3v) is 4.93. The van der Waals surface area contributed by atoms with Crippen molar-refractivity contribution in [3.8, 4) is 22.9 Å². The summed E-state index contributed by atoms with van der Waals surface area (Å²) in [4.78, 5) is 19.3. The molecule has 1 atom stereocenters. The molecule has 1 saturated heterocycles. The predicted octanol–water partition coefficient (Wildman–Crippen LogP) is 3.73. The van der Waals surface area contributed by atoms with Crippen molar-refractivity contribution in [3.05, 3.63) is 60.0 Å². The van der Waals surface area contributed by atoms with E-state index in [0.29, 0.717) is 23.8 Å². The van der Waals surface area contributed by atoms with Crippen molar-refractivity contribution in [2.24, 2.45) is 0 Å². The van der Waals surface area contributed by atoms with Gasteiger partial charge in [0, 0.05) is 17.7 Å². The molecule has 7 heteroatoms. The van der Waals surface area contributed by atoms with Crippen molar-refractivity contribution in [3.63, 3.8) is 0 Å². The van der Waals surface area contributed by atoms with Crippen molar-refractivity contribution < 1.29 is 18.8 Å². The van der Waals surface area contributed by atoms with Gasteiger partial charge in [0.05, 0.1) is 14.2 Å². The van der Waals surface area contributed by atoms with Crippen LogP contribution in [0.25, 0.3) is 11.4 Å². The minimum absolute atomic E-state index is 0.0469. The molecule has 1 aliphatic rings. The Hall–Kier alpha value is -3.35. The highest BCUT2D eigenvalue weighted by Gasteiger charge is 2.34. The van der Waals surface area contributed by atoms with Crippen LogP contribution in [0.1, 0.15) is 35.1 Å². The van der Waals surface area contributed by atoms with E-state index in [9.17, 15) is 4.79 Å². The van der Waals surface area contributed by atoms with E-state index in [-0.39, 0.29) is 11.9 Å². The van der Waals surface area contributed by atoms with E-state index >= 15 is 0 Å². The zero-order valence-electron chi connectivity index (χ0n) is 15.8. The fraction of sp³-hybridized carbons (Fsp3) is 0.286. The number of carbonyl (C=O) groups excluding carboxylic acids is 1. The van der Waals surface area contributed by atoms with Crippen molar-refractivity contribution in [2.45, 2.75) is 18.9 Å². The Bertz CT molecular complexity index is 951. The molecule has 1 fully saturated rings. The third-order valence-electron chi connectivity index (χ3n) is 4.93. The normalized spacial score (nSPS) is 16.2. The van der Waals surface area contributed by atoms with Gasteiger partial charge in [-0.1, -0.05) is 5.16 Å². The van der Waals surface area contributed by atoms with Crippen LogP contribution >= 0.6 is 0 Å². The molecule has 1 aliphatic heterocycles. The minimum Gasteiger partial charge on any atom is -0.497 e. The molecule has 1 unspecified atom stereocenters. The van der Waals surface area contributed by atoms with E-state index in [0.717, 1.165) is 29.9 Å². The Balaban J connectivity index is 1.54. The summed E-state index contributed by atoms with van der Waals surface area (Å²) in [5, 5.41) is 4.09. The average Bonchev–Trinajstić information content (AvgIpc) is 3.43. The van der Waals surface area contributed by atoms with E-state index in [1.54, 1.807) is 43.4 Å². The quantitative estimate of drug-likeness (QED) is 0.672. The highest BCUT2D eigenvalue weighted by Crippen LogP contribution is 2.33. The molecule has 0 saturated carbocycles. The number of nitrogens with zero attached hydrogens (tertiary/aromatic N) is 3. The van der Waals surface area contributed by atoms with Crippen LogP contribution in [0.15, 0.2) is 53.1 Å². The molecule has 2 heterocycles. The third kappa shape index (κ3) is 3.43. The Morgan fingerprint density at radius 2 is 1.68 bits per heavy atom. The molecule has 28 heavy (non-hydrogen) atoms. The maximum Gasteiger partial charge on any atom is 0.254 e. The summed E-state index contributed by atoms with van der Waals surface area (Å²) < 4.78 is 15.8. The molecule has 1 aromatic heterocycles. The van der Waals surface area contributed by atoms with Gasteiger partial charge in [-0.25, -0.2) is 0 Å². The zero-order chi connectivity index (χ0) is 19.5. The van der Waals surface area contributed by atoms with Gasteiger partial charge in [0.15, 0.2) is 0 Å². The lowest BCUT2D eigenvalue weighted by molar-refractivity contribution is 0.0710. The summed E-state index contributed by atoms with van der Waals surface area (Å²) in [5.74, 6) is 2.40. The van der Waals surface area contributed by atoms with E-state index in [1.165, 1.54) is 0 Å². The van der Waals surface area contributed by atoms with E-state index < -0.39 is 0 Å². The monoisotopic (exact) mass is 379 g/mol. The standard InChI is InChI=1S/C21H21N3O4/c1-26-16-9-5-14(6-10-16)19-22-20(28-23-19)18-4-3-13-24(18)21(25)15-7-11-17(27-2)12-8-15/h5-12,18H,3-4,13H2,1-2H3. The topological polar surface area (TPSA) is 77.7 Å². The predicted molar refractivity (Wildman–Crippen MR) is 102 cm³/mol. The molecule has 4 rings (SSSR count). The van der Waals surface area contributed by atoms with Crippen LogP contribution in [0.3, 0.4) is 0 Å². The van der Waals surface area contributed by atoms with E-state index in [1.807, 2.05) is 24.3 Å². The number of carbonyl (C=O) groups is 1. The molecule has 0 N–H and O–H groups in total. The fourth-order valence-electron chi connectivity index (χ4n) is 3.39. The number of aromatic nitrogens is 2. The van der Waals surface area contributed by atoms with Gasteiger partial charge in [0.25, 0.3) is 5.91 Å². The molecule has 2 aromatic carbocycles. The Labute approximate surface area is 162 Å². The van der Waals surface area contributed by atoms with Crippen LogP contribution in [0.4, 0.5) is 0 Å². The fourth-order valence-corrected chi connectivity index (χ4v) is 3.39. The molecule has 144 valence electrons. The highest BCUT2D eigenvalue weighted by molar-refractivity contribution is 5.94. The SMILES string of the molecule is COc1ccc(C(=O)N2CCCC2c2nc(-c3ccc(OC)cc3)no2)cc1. The first-order valence-electron chi connectivity index (χ1n) is 9.12. The van der Waals surface area contributed by atoms with E-state index in [4.69, 9.17) is 14.0 Å². The number of hydrogen-bond acceptors (Lipinski definition) is 6. The second-order valence-corrected chi connectivity index (χ2v) is 6.57. The van der Waals surface area contributed by atoms with Gasteiger partial charge in [-0.2, -0.15) is 4.98 Å². The number of rotatable bonds is 5. The number of hydrogen-bond donors (Lipinski definition) is 0. The summed E-state index contributed by atoms with van der Waals surface area (Å²) >= 11 is 0. The second kappa shape index (κ2) is 7.72. The van der Waals surface area contributed by atoms with Gasteiger partial charge in [-0.05, 0) is 61.4 Å². The second-order valence-electron chi connectivity index (χ2n) is 6.57. The van der Waals surface area contributed by atoms with Gasteiger partial charge in [-0.3, -0.25) is 4.79 Å². The van der Waals surface area contributed by atoms with E-state index in [2.05, 4.69) is 10.1 Å². The number of methoxy groups -OCH3 is 2. The summed E-state index contributed by atoms with van der Waals surface area (Å²) in [7, 11) is 3.22. The van der Waals surface area contributed by atoms with Crippen molar-refractivity contribution in [1.82, 2.24) is 15.0 Å². The molecule has 3 aromatic rings. The maximum atomic E-state index is 13.0. The van der Waals surface area contributed by atoms with Crippen LogP contribution in [0.2, 0.25) is 0 Å². The average molecular weight is 379 g/mol. The molecule has 7 nitrogen and oxygen atoms in total. The lowest BCUT2D eigenvalue weighted by atomic mass is 10.1. The Morgan fingerprint density at radius 3 is 2.32 bits per heavy atom. The summed E-state index contributed by atoms with van der Waals surface area (Å²) in [6.07, 6.45) is 1.69. The van der Waals surface area contributed by atoms with Gasteiger partial charge >= 0.3 is 0 Å². The van der Waals surface area contributed by atoms with Crippen molar-refractivity contribution in [1.29, 1.82) is 0 Å². The maximum absolute atomic E-state index is 13.0. The molecule has 0 radical (unpaired) electrons. The highest BCUT2D eigenvalue weighted by atomic mass is 16.5. The molecular weight excluding hydrogens is 358 g/mol. The lowest BCUT2D eigenvalue weighted by Gasteiger charge is -2.22. The Kier molecular flexibility index (Phi) is 4.97. The minimum atomic E-state index is -0.214. The van der Waals surface area contributed by atoms with Crippen molar-refractivity contribution in [2.75, 3.05) is 20.8 Å². The van der Waals surface area contributed by atoms with Crippen LogP contribution < -0.4 is 9.47 Å². The van der Waals surface area contributed by atoms with Gasteiger partial charge in [-0.15, -0.1) is 0 Å². The van der Waals surface area contributed by atoms with Crippen LogP contribution in [0, 0.1) is 0 Å². The number of ether oxygens (including phenoxy) is 2. The number of amides is 1. The molecule has 0 aliphatic carbocycles. The zero-order valence-corrected chi connectivity index (χ0v) is 15.8. The van der Waals surface area contributed by atoms with Gasteiger partial charge in [0.2, 0.25) is 11.7 Å². The summed E-state index contributed by atoms with van der Waals surface area (Å²) in [6, 6.07) is 14.3. The smallest absolute Gasteiger partial charge is 0.254 e. The largest absolute Gasteiger partial charge is 0.497 e. The van der Waals surface area contributed by atoms with Crippen LogP contribution in [-0.4, -0.2) is 41.7 Å². The number of likely N-dealkylation sites (tertiary alicyclic amines) is 1. The van der Waals surface area contributed by atoms with Gasteiger partial charge in [0.1, 0.15) is 17.5 Å². The summed E-state index contributed by atoms with van der Waals surface area (Å²) in [6.45, 7) is 0.662. The lowest BCUT2D eigenvalue weighted by Crippen LogP contribution is -2.30. The molecule has 1 amide bonds. The molecule has 0 bridgehead atoms. The molecule has 0 spiro atoms. The number of benzene rings is 2. The van der Waals surface area contributed by atoms with Crippen molar-refractivity contribution >= 4 is 5.91 Å². The summed E-state index contributed by atoms with van der Waals surface area (Å²) in [5.41, 5.74) is 1.45. The van der Waals surface area contributed by atoms with Crippen LogP contribution in [-0.2, 0) is 0 Å². The Morgan fingerprint density at radius 1 is 1.04 bits per heavy atom. The first kappa shape index (κ1) is 18.0.